The van der Waals surface area contributed by atoms with E-state index in [0.29, 0.717) is 25.4 Å². The van der Waals surface area contributed by atoms with Gasteiger partial charge in [-0.05, 0) is 52.2 Å². The number of carbonyl (C=O) groups is 1. The van der Waals surface area contributed by atoms with Crippen LogP contribution >= 0.6 is 0 Å². The van der Waals surface area contributed by atoms with Gasteiger partial charge in [0.25, 0.3) is 0 Å². The molecule has 1 aromatic rings. The van der Waals surface area contributed by atoms with Gasteiger partial charge < -0.3 is 15.1 Å². The molecule has 1 amide bonds. The Labute approximate surface area is 114 Å². The van der Waals surface area contributed by atoms with Crippen LogP contribution in [0, 0.1) is 6.92 Å². The van der Waals surface area contributed by atoms with Crippen LogP contribution in [-0.2, 0) is 11.3 Å². The molecular weight excluding hydrogens is 240 g/mol. The summed E-state index contributed by atoms with van der Waals surface area (Å²) in [4.78, 5) is 14.3. The first-order valence-electron chi connectivity index (χ1n) is 6.99. The third-order valence-electron chi connectivity index (χ3n) is 3.41. The van der Waals surface area contributed by atoms with E-state index in [1.54, 1.807) is 0 Å². The number of nitrogens with zero attached hydrogens (tertiary/aromatic N) is 1. The van der Waals surface area contributed by atoms with Crippen molar-refractivity contribution in [3.8, 4) is 0 Å². The monoisotopic (exact) mass is 264 g/mol. The standard InChI is InChI=1S/C15H24N2O2/c1-11-4-7-13(19-11)10-17(12-5-6-12)14(18)8-9-15(2,3)16/h4,7,12H,5-6,8-10,16H2,1-3H3. The number of hydrogen-bond acceptors (Lipinski definition) is 3. The van der Waals surface area contributed by atoms with Crippen LogP contribution in [0.5, 0.6) is 0 Å². The topological polar surface area (TPSA) is 59.5 Å². The maximum Gasteiger partial charge on any atom is 0.223 e. The summed E-state index contributed by atoms with van der Waals surface area (Å²) < 4.78 is 5.57. The average molecular weight is 264 g/mol. The Hall–Kier alpha value is -1.29. The van der Waals surface area contributed by atoms with Crippen LogP contribution in [0.4, 0.5) is 0 Å². The summed E-state index contributed by atoms with van der Waals surface area (Å²) in [5.74, 6) is 1.95. The highest BCUT2D eigenvalue weighted by atomic mass is 16.3. The molecule has 2 rings (SSSR count). The third-order valence-corrected chi connectivity index (χ3v) is 3.41. The second kappa shape index (κ2) is 5.37. The van der Waals surface area contributed by atoms with Crippen LogP contribution in [0.25, 0.3) is 0 Å². The van der Waals surface area contributed by atoms with Crippen LogP contribution < -0.4 is 5.73 Å². The number of amides is 1. The molecule has 4 heteroatoms. The van der Waals surface area contributed by atoms with Gasteiger partial charge in [0.15, 0.2) is 0 Å². The summed E-state index contributed by atoms with van der Waals surface area (Å²) >= 11 is 0. The van der Waals surface area contributed by atoms with E-state index in [-0.39, 0.29) is 11.4 Å². The van der Waals surface area contributed by atoms with Gasteiger partial charge in [0.1, 0.15) is 11.5 Å². The maximum absolute atomic E-state index is 12.3. The van der Waals surface area contributed by atoms with Crippen molar-refractivity contribution in [2.45, 2.75) is 64.6 Å². The molecule has 0 aliphatic heterocycles. The van der Waals surface area contributed by atoms with Crippen molar-refractivity contribution in [1.29, 1.82) is 0 Å². The Morgan fingerprint density at radius 3 is 2.63 bits per heavy atom. The quantitative estimate of drug-likeness (QED) is 0.859. The van der Waals surface area contributed by atoms with Gasteiger partial charge in [-0.2, -0.15) is 0 Å². The lowest BCUT2D eigenvalue weighted by Gasteiger charge is -2.24. The Balaban J connectivity index is 1.94. The van der Waals surface area contributed by atoms with Crippen LogP contribution in [0.3, 0.4) is 0 Å². The van der Waals surface area contributed by atoms with Gasteiger partial charge in [-0.25, -0.2) is 0 Å². The van der Waals surface area contributed by atoms with Crippen molar-refractivity contribution in [2.24, 2.45) is 5.73 Å². The second-order valence-electron chi connectivity index (χ2n) is 6.25. The molecule has 1 fully saturated rings. The zero-order valence-corrected chi connectivity index (χ0v) is 12.1. The van der Waals surface area contributed by atoms with Crippen LogP contribution in [-0.4, -0.2) is 22.4 Å². The molecule has 0 spiro atoms. The zero-order valence-electron chi connectivity index (χ0n) is 12.1. The summed E-state index contributed by atoms with van der Waals surface area (Å²) in [6, 6.07) is 4.29. The molecule has 1 aliphatic carbocycles. The molecular formula is C15H24N2O2. The molecule has 1 aliphatic rings. The minimum Gasteiger partial charge on any atom is -0.464 e. The van der Waals surface area contributed by atoms with Gasteiger partial charge >= 0.3 is 0 Å². The number of nitrogens with two attached hydrogens (primary N) is 1. The first-order valence-corrected chi connectivity index (χ1v) is 6.99. The van der Waals surface area contributed by atoms with Crippen molar-refractivity contribution in [1.82, 2.24) is 4.90 Å². The number of carbonyl (C=O) groups excluding carboxylic acids is 1. The zero-order chi connectivity index (χ0) is 14.0. The van der Waals surface area contributed by atoms with Crippen molar-refractivity contribution in [3.63, 3.8) is 0 Å². The fraction of sp³-hybridized carbons (Fsp3) is 0.667. The molecule has 2 N–H and O–H groups in total. The van der Waals surface area contributed by atoms with Gasteiger partial charge in [0.05, 0.1) is 6.54 Å². The second-order valence-corrected chi connectivity index (χ2v) is 6.25. The van der Waals surface area contributed by atoms with Gasteiger partial charge in [-0.15, -0.1) is 0 Å². The molecule has 0 atom stereocenters. The molecule has 106 valence electrons. The molecule has 0 unspecified atom stereocenters. The van der Waals surface area contributed by atoms with Gasteiger partial charge in [-0.1, -0.05) is 0 Å². The first kappa shape index (κ1) is 14.1. The van der Waals surface area contributed by atoms with Crippen molar-refractivity contribution in [3.05, 3.63) is 23.7 Å². The molecule has 0 aromatic carbocycles. The molecule has 1 heterocycles. The molecule has 1 saturated carbocycles. The summed E-state index contributed by atoms with van der Waals surface area (Å²) in [6.07, 6.45) is 3.45. The highest BCUT2D eigenvalue weighted by molar-refractivity contribution is 5.76. The molecule has 0 saturated heterocycles. The largest absolute Gasteiger partial charge is 0.464 e. The van der Waals surface area contributed by atoms with Crippen molar-refractivity contribution < 1.29 is 9.21 Å². The lowest BCUT2D eigenvalue weighted by molar-refractivity contribution is -0.133. The number of hydrogen-bond donors (Lipinski definition) is 1. The molecule has 4 nitrogen and oxygen atoms in total. The number of rotatable bonds is 6. The first-order chi connectivity index (χ1) is 8.85. The van der Waals surface area contributed by atoms with E-state index in [1.807, 2.05) is 37.8 Å². The van der Waals surface area contributed by atoms with E-state index >= 15 is 0 Å². The third kappa shape index (κ3) is 4.39. The van der Waals surface area contributed by atoms with Crippen LogP contribution in [0.2, 0.25) is 0 Å². The van der Waals surface area contributed by atoms with E-state index in [4.69, 9.17) is 10.2 Å². The fourth-order valence-corrected chi connectivity index (χ4v) is 2.12. The summed E-state index contributed by atoms with van der Waals surface area (Å²) in [6.45, 7) is 6.42. The minimum absolute atomic E-state index is 0.190. The molecule has 19 heavy (non-hydrogen) atoms. The maximum atomic E-state index is 12.3. The highest BCUT2D eigenvalue weighted by Gasteiger charge is 2.33. The molecule has 0 radical (unpaired) electrons. The lowest BCUT2D eigenvalue weighted by atomic mass is 9.99. The van der Waals surface area contributed by atoms with E-state index in [2.05, 4.69) is 0 Å². The lowest BCUT2D eigenvalue weighted by Crippen LogP contribution is -2.37. The average Bonchev–Trinajstić information content (AvgIpc) is 3.06. The number of aryl methyl sites for hydroxylation is 1. The molecule has 0 bridgehead atoms. The SMILES string of the molecule is Cc1ccc(CN(C(=O)CCC(C)(C)N)C2CC2)o1. The Morgan fingerprint density at radius 1 is 1.47 bits per heavy atom. The predicted molar refractivity (Wildman–Crippen MR) is 74.5 cm³/mol. The van der Waals surface area contributed by atoms with E-state index in [9.17, 15) is 4.79 Å². The Morgan fingerprint density at radius 2 is 2.16 bits per heavy atom. The Bertz CT molecular complexity index is 441. The highest BCUT2D eigenvalue weighted by Crippen LogP contribution is 2.29. The number of furan rings is 1. The van der Waals surface area contributed by atoms with Gasteiger partial charge in [0, 0.05) is 18.0 Å². The summed E-state index contributed by atoms with van der Waals surface area (Å²) in [7, 11) is 0. The van der Waals surface area contributed by atoms with Crippen molar-refractivity contribution in [2.75, 3.05) is 0 Å². The van der Waals surface area contributed by atoms with Crippen LogP contribution in [0.1, 0.15) is 51.1 Å². The smallest absolute Gasteiger partial charge is 0.223 e. The Kier molecular flexibility index (Phi) is 3.99. The summed E-state index contributed by atoms with van der Waals surface area (Å²) in [5.41, 5.74) is 5.66. The van der Waals surface area contributed by atoms with E-state index in [1.165, 1.54) is 0 Å². The van der Waals surface area contributed by atoms with Crippen molar-refractivity contribution >= 4 is 5.91 Å². The minimum atomic E-state index is -0.286. The normalized spacial score (nSPS) is 15.6. The van der Waals surface area contributed by atoms with E-state index < -0.39 is 0 Å². The van der Waals surface area contributed by atoms with Gasteiger partial charge in [0.2, 0.25) is 5.91 Å². The molecule has 1 aromatic heterocycles. The predicted octanol–water partition coefficient (Wildman–Crippen LogP) is 2.60. The van der Waals surface area contributed by atoms with E-state index in [0.717, 1.165) is 24.4 Å². The summed E-state index contributed by atoms with van der Waals surface area (Å²) in [5, 5.41) is 0. The fourth-order valence-electron chi connectivity index (χ4n) is 2.12. The van der Waals surface area contributed by atoms with Gasteiger partial charge in [-0.3, -0.25) is 4.79 Å². The van der Waals surface area contributed by atoms with Crippen LogP contribution in [0.15, 0.2) is 16.5 Å².